The van der Waals surface area contributed by atoms with Gasteiger partial charge in [-0.2, -0.15) is 0 Å². The molecule has 0 N–H and O–H groups in total. The Hall–Kier alpha value is -1.48. The zero-order valence-electron chi connectivity index (χ0n) is 10.9. The SMILES string of the molecule is CCc1nc(Cl)c(Oc2ccc(C)cc2)n1CC. The minimum Gasteiger partial charge on any atom is -0.438 e. The van der Waals surface area contributed by atoms with Gasteiger partial charge in [0, 0.05) is 13.0 Å². The highest BCUT2D eigenvalue weighted by Gasteiger charge is 2.15. The van der Waals surface area contributed by atoms with E-state index in [4.69, 9.17) is 16.3 Å². The van der Waals surface area contributed by atoms with Gasteiger partial charge in [-0.3, -0.25) is 4.57 Å². The number of ether oxygens (including phenoxy) is 1. The molecule has 96 valence electrons. The number of nitrogens with zero attached hydrogens (tertiary/aromatic N) is 2. The molecular weight excluding hydrogens is 248 g/mol. The third kappa shape index (κ3) is 2.51. The molecule has 0 saturated carbocycles. The summed E-state index contributed by atoms with van der Waals surface area (Å²) in [5.74, 6) is 2.35. The van der Waals surface area contributed by atoms with Crippen LogP contribution in [0.5, 0.6) is 11.6 Å². The summed E-state index contributed by atoms with van der Waals surface area (Å²) in [5, 5.41) is 0.425. The van der Waals surface area contributed by atoms with Gasteiger partial charge >= 0.3 is 0 Å². The summed E-state index contributed by atoms with van der Waals surface area (Å²) in [7, 11) is 0. The molecule has 18 heavy (non-hydrogen) atoms. The zero-order valence-corrected chi connectivity index (χ0v) is 11.7. The number of aryl methyl sites for hydroxylation is 2. The highest BCUT2D eigenvalue weighted by atomic mass is 35.5. The Bertz CT molecular complexity index is 531. The summed E-state index contributed by atoms with van der Waals surface area (Å²) < 4.78 is 7.84. The largest absolute Gasteiger partial charge is 0.438 e. The minimum absolute atomic E-state index is 0.425. The fourth-order valence-electron chi connectivity index (χ4n) is 1.86. The summed E-state index contributed by atoms with van der Waals surface area (Å²) in [6.07, 6.45) is 0.838. The van der Waals surface area contributed by atoms with E-state index in [1.54, 1.807) is 0 Å². The van der Waals surface area contributed by atoms with Crippen molar-refractivity contribution in [3.05, 3.63) is 40.8 Å². The number of aromatic nitrogens is 2. The molecule has 0 fully saturated rings. The lowest BCUT2D eigenvalue weighted by molar-refractivity contribution is 0.429. The zero-order chi connectivity index (χ0) is 13.1. The lowest BCUT2D eigenvalue weighted by atomic mass is 10.2. The summed E-state index contributed by atoms with van der Waals surface area (Å²) in [6, 6.07) is 7.89. The molecule has 0 aliphatic carbocycles. The maximum Gasteiger partial charge on any atom is 0.239 e. The van der Waals surface area contributed by atoms with Crippen molar-refractivity contribution < 1.29 is 4.74 Å². The third-order valence-corrected chi connectivity index (χ3v) is 3.07. The van der Waals surface area contributed by atoms with Crippen LogP contribution >= 0.6 is 11.6 Å². The average molecular weight is 265 g/mol. The van der Waals surface area contributed by atoms with E-state index >= 15 is 0 Å². The minimum atomic E-state index is 0.425. The topological polar surface area (TPSA) is 27.1 Å². The molecule has 2 rings (SSSR count). The molecule has 4 heteroatoms. The van der Waals surface area contributed by atoms with Crippen molar-refractivity contribution in [1.29, 1.82) is 0 Å². The quantitative estimate of drug-likeness (QED) is 0.827. The monoisotopic (exact) mass is 264 g/mol. The first-order valence-electron chi connectivity index (χ1n) is 6.15. The van der Waals surface area contributed by atoms with E-state index < -0.39 is 0 Å². The van der Waals surface area contributed by atoms with Crippen molar-refractivity contribution in [2.45, 2.75) is 33.7 Å². The van der Waals surface area contributed by atoms with Crippen molar-refractivity contribution in [3.63, 3.8) is 0 Å². The van der Waals surface area contributed by atoms with E-state index in [0.717, 1.165) is 24.5 Å². The smallest absolute Gasteiger partial charge is 0.239 e. The fourth-order valence-corrected chi connectivity index (χ4v) is 2.10. The van der Waals surface area contributed by atoms with E-state index in [9.17, 15) is 0 Å². The molecule has 0 aliphatic rings. The standard InChI is InChI=1S/C14H17ClN2O/c1-4-12-16-13(15)14(17(12)5-2)18-11-8-6-10(3)7-9-11/h6-9H,4-5H2,1-3H3. The van der Waals surface area contributed by atoms with Gasteiger partial charge in [0.1, 0.15) is 11.6 Å². The highest BCUT2D eigenvalue weighted by molar-refractivity contribution is 6.30. The predicted molar refractivity (Wildman–Crippen MR) is 73.5 cm³/mol. The van der Waals surface area contributed by atoms with Gasteiger partial charge in [0.05, 0.1) is 0 Å². The van der Waals surface area contributed by atoms with Gasteiger partial charge in [0.15, 0.2) is 5.15 Å². The number of hydrogen-bond donors (Lipinski definition) is 0. The molecule has 2 aromatic rings. The van der Waals surface area contributed by atoms with Crippen LogP contribution in [0.3, 0.4) is 0 Å². The van der Waals surface area contributed by atoms with Crippen LogP contribution in [-0.2, 0) is 13.0 Å². The van der Waals surface area contributed by atoms with E-state index in [-0.39, 0.29) is 0 Å². The molecule has 0 atom stereocenters. The molecule has 0 radical (unpaired) electrons. The second-order valence-electron chi connectivity index (χ2n) is 4.14. The molecule has 0 unspecified atom stereocenters. The van der Waals surface area contributed by atoms with Crippen LogP contribution < -0.4 is 4.74 Å². The third-order valence-electron chi connectivity index (χ3n) is 2.83. The van der Waals surface area contributed by atoms with E-state index in [1.807, 2.05) is 35.8 Å². The van der Waals surface area contributed by atoms with Crippen LogP contribution in [0.2, 0.25) is 5.15 Å². The van der Waals surface area contributed by atoms with E-state index in [0.29, 0.717) is 11.0 Å². The number of halogens is 1. The molecular formula is C14H17ClN2O. The normalized spacial score (nSPS) is 10.7. The van der Waals surface area contributed by atoms with Crippen LogP contribution in [0.25, 0.3) is 0 Å². The molecule has 1 heterocycles. The molecule has 0 bridgehead atoms. The molecule has 0 saturated heterocycles. The Kier molecular flexibility index (Phi) is 3.92. The summed E-state index contributed by atoms with van der Waals surface area (Å²) in [6.45, 7) is 6.95. The Balaban J connectivity index is 2.33. The first kappa shape index (κ1) is 13.0. The first-order chi connectivity index (χ1) is 8.65. The molecule has 0 aliphatic heterocycles. The summed E-state index contributed by atoms with van der Waals surface area (Å²) in [4.78, 5) is 4.32. The highest BCUT2D eigenvalue weighted by Crippen LogP contribution is 2.30. The van der Waals surface area contributed by atoms with Gasteiger partial charge in [-0.15, -0.1) is 0 Å². The van der Waals surface area contributed by atoms with Crippen LogP contribution in [0.4, 0.5) is 0 Å². The van der Waals surface area contributed by atoms with Gasteiger partial charge in [-0.1, -0.05) is 36.2 Å². The molecule has 0 spiro atoms. The first-order valence-corrected chi connectivity index (χ1v) is 6.52. The molecule has 1 aromatic carbocycles. The van der Waals surface area contributed by atoms with Gasteiger partial charge < -0.3 is 4.74 Å². The average Bonchev–Trinajstić information content (AvgIpc) is 2.68. The second-order valence-corrected chi connectivity index (χ2v) is 4.49. The van der Waals surface area contributed by atoms with Gasteiger partial charge in [0.2, 0.25) is 5.88 Å². The number of hydrogen-bond acceptors (Lipinski definition) is 2. The Labute approximate surface area is 112 Å². The molecule has 1 aromatic heterocycles. The van der Waals surface area contributed by atoms with Gasteiger partial charge in [0.25, 0.3) is 0 Å². The van der Waals surface area contributed by atoms with Gasteiger partial charge in [-0.05, 0) is 26.0 Å². The van der Waals surface area contributed by atoms with Gasteiger partial charge in [-0.25, -0.2) is 4.98 Å². The van der Waals surface area contributed by atoms with Crippen LogP contribution in [0, 0.1) is 6.92 Å². The summed E-state index contributed by atoms with van der Waals surface area (Å²) in [5.41, 5.74) is 1.20. The number of rotatable bonds is 4. The fraction of sp³-hybridized carbons (Fsp3) is 0.357. The lowest BCUT2D eigenvalue weighted by Crippen LogP contribution is -2.02. The lowest BCUT2D eigenvalue weighted by Gasteiger charge is -2.10. The van der Waals surface area contributed by atoms with E-state index in [2.05, 4.69) is 18.8 Å². The van der Waals surface area contributed by atoms with Crippen molar-refractivity contribution in [1.82, 2.24) is 9.55 Å². The van der Waals surface area contributed by atoms with Crippen molar-refractivity contribution in [3.8, 4) is 11.6 Å². The van der Waals surface area contributed by atoms with Crippen LogP contribution in [-0.4, -0.2) is 9.55 Å². The van der Waals surface area contributed by atoms with Crippen molar-refractivity contribution >= 4 is 11.6 Å². The van der Waals surface area contributed by atoms with Crippen molar-refractivity contribution in [2.24, 2.45) is 0 Å². The maximum atomic E-state index is 6.13. The maximum absolute atomic E-state index is 6.13. The van der Waals surface area contributed by atoms with Crippen LogP contribution in [0.15, 0.2) is 24.3 Å². The summed E-state index contributed by atoms with van der Waals surface area (Å²) >= 11 is 6.13. The second kappa shape index (κ2) is 5.44. The van der Waals surface area contributed by atoms with Crippen LogP contribution in [0.1, 0.15) is 25.2 Å². The van der Waals surface area contributed by atoms with E-state index in [1.165, 1.54) is 5.56 Å². The Morgan fingerprint density at radius 3 is 2.44 bits per heavy atom. The predicted octanol–water partition coefficient (Wildman–Crippen LogP) is 4.22. The Morgan fingerprint density at radius 1 is 1.22 bits per heavy atom. The Morgan fingerprint density at radius 2 is 1.89 bits per heavy atom. The number of benzene rings is 1. The number of imidazole rings is 1. The molecule has 3 nitrogen and oxygen atoms in total. The molecule has 0 amide bonds. The van der Waals surface area contributed by atoms with Crippen molar-refractivity contribution in [2.75, 3.05) is 0 Å².